The molecule has 0 aliphatic heterocycles. The van der Waals surface area contributed by atoms with Gasteiger partial charge >= 0.3 is 0 Å². The predicted octanol–water partition coefficient (Wildman–Crippen LogP) is 2.57. The van der Waals surface area contributed by atoms with Crippen LogP contribution in [0.25, 0.3) is 0 Å². The van der Waals surface area contributed by atoms with Gasteiger partial charge in [0.15, 0.2) is 0 Å². The molecule has 0 aliphatic rings. The molecular formula is C12H23N3OS. The first-order valence-corrected chi connectivity index (χ1v) is 6.84. The summed E-state index contributed by atoms with van der Waals surface area (Å²) in [6.07, 6.45) is 2.12. The van der Waals surface area contributed by atoms with E-state index in [1.807, 2.05) is 6.92 Å². The maximum absolute atomic E-state index is 5.22. The van der Waals surface area contributed by atoms with Gasteiger partial charge in [0.2, 0.25) is 0 Å². The van der Waals surface area contributed by atoms with Crippen molar-refractivity contribution < 1.29 is 4.74 Å². The third-order valence-corrected chi connectivity index (χ3v) is 3.55. The van der Waals surface area contributed by atoms with Gasteiger partial charge in [0, 0.05) is 19.1 Å². The monoisotopic (exact) mass is 257 g/mol. The van der Waals surface area contributed by atoms with Crippen molar-refractivity contribution in [2.45, 2.75) is 52.2 Å². The quantitative estimate of drug-likeness (QED) is 0.796. The van der Waals surface area contributed by atoms with Gasteiger partial charge in [-0.2, -0.15) is 0 Å². The van der Waals surface area contributed by atoms with E-state index in [1.165, 1.54) is 0 Å². The van der Waals surface area contributed by atoms with Gasteiger partial charge in [-0.25, -0.2) is 0 Å². The standard InChI is InChI=1S/C12H23N3OS/c1-9(16-5)11-15-14-10(17-11)7-6-8-13-12(2,3)4/h9,13H,6-8H2,1-5H3. The van der Waals surface area contributed by atoms with Crippen molar-refractivity contribution >= 4 is 11.3 Å². The Balaban J connectivity index is 2.30. The minimum Gasteiger partial charge on any atom is -0.374 e. The van der Waals surface area contributed by atoms with E-state index >= 15 is 0 Å². The number of rotatable bonds is 6. The third kappa shape index (κ3) is 5.57. The Morgan fingerprint density at radius 2 is 2.06 bits per heavy atom. The zero-order chi connectivity index (χ0) is 12.9. The summed E-state index contributed by atoms with van der Waals surface area (Å²) < 4.78 is 5.22. The van der Waals surface area contributed by atoms with Gasteiger partial charge in [0.25, 0.3) is 0 Å². The number of hydrogen-bond acceptors (Lipinski definition) is 5. The molecular weight excluding hydrogens is 234 g/mol. The van der Waals surface area contributed by atoms with E-state index in [1.54, 1.807) is 18.4 Å². The van der Waals surface area contributed by atoms with E-state index in [2.05, 4.69) is 36.3 Å². The number of nitrogens with zero attached hydrogens (tertiary/aromatic N) is 2. The second-order valence-electron chi connectivity index (χ2n) is 5.19. The van der Waals surface area contributed by atoms with E-state index in [9.17, 15) is 0 Å². The maximum atomic E-state index is 5.22. The summed E-state index contributed by atoms with van der Waals surface area (Å²) in [6, 6.07) is 0. The Kier molecular flexibility index (Phi) is 5.49. The lowest BCUT2D eigenvalue weighted by molar-refractivity contribution is 0.118. The summed E-state index contributed by atoms with van der Waals surface area (Å²) >= 11 is 1.65. The van der Waals surface area contributed by atoms with Crippen molar-refractivity contribution in [3.8, 4) is 0 Å². The van der Waals surface area contributed by atoms with Gasteiger partial charge < -0.3 is 10.1 Å². The molecule has 1 aromatic heterocycles. The largest absolute Gasteiger partial charge is 0.374 e. The molecule has 98 valence electrons. The second kappa shape index (κ2) is 6.42. The van der Waals surface area contributed by atoms with E-state index in [0.717, 1.165) is 29.4 Å². The summed E-state index contributed by atoms with van der Waals surface area (Å²) in [4.78, 5) is 0. The number of ether oxygens (including phenoxy) is 1. The Bertz CT molecular complexity index is 333. The van der Waals surface area contributed by atoms with Crippen LogP contribution in [0.2, 0.25) is 0 Å². The van der Waals surface area contributed by atoms with Crippen LogP contribution in [-0.4, -0.2) is 29.4 Å². The molecule has 0 saturated heterocycles. The lowest BCUT2D eigenvalue weighted by atomic mass is 10.1. The van der Waals surface area contributed by atoms with Crippen LogP contribution in [0.4, 0.5) is 0 Å². The fraction of sp³-hybridized carbons (Fsp3) is 0.833. The Morgan fingerprint density at radius 3 is 2.65 bits per heavy atom. The van der Waals surface area contributed by atoms with Gasteiger partial charge in [-0.05, 0) is 40.7 Å². The summed E-state index contributed by atoms with van der Waals surface area (Å²) in [6.45, 7) is 9.53. The highest BCUT2D eigenvalue weighted by Gasteiger charge is 2.11. The highest BCUT2D eigenvalue weighted by molar-refractivity contribution is 7.11. The minimum atomic E-state index is 0.0500. The van der Waals surface area contributed by atoms with Crippen molar-refractivity contribution in [3.63, 3.8) is 0 Å². The highest BCUT2D eigenvalue weighted by Crippen LogP contribution is 2.20. The highest BCUT2D eigenvalue weighted by atomic mass is 32.1. The first-order valence-electron chi connectivity index (χ1n) is 6.02. The molecule has 1 heterocycles. The molecule has 0 fully saturated rings. The van der Waals surface area contributed by atoms with Crippen molar-refractivity contribution in [1.29, 1.82) is 0 Å². The van der Waals surface area contributed by atoms with E-state index in [-0.39, 0.29) is 11.6 Å². The summed E-state index contributed by atoms with van der Waals surface area (Å²) in [7, 11) is 1.69. The van der Waals surface area contributed by atoms with Crippen molar-refractivity contribution in [1.82, 2.24) is 15.5 Å². The molecule has 5 heteroatoms. The second-order valence-corrected chi connectivity index (χ2v) is 6.29. The molecule has 1 N–H and O–H groups in total. The molecule has 0 radical (unpaired) electrons. The first-order chi connectivity index (χ1) is 7.92. The molecule has 4 nitrogen and oxygen atoms in total. The van der Waals surface area contributed by atoms with Crippen molar-refractivity contribution in [3.05, 3.63) is 10.0 Å². The lowest BCUT2D eigenvalue weighted by Gasteiger charge is -2.20. The fourth-order valence-electron chi connectivity index (χ4n) is 1.34. The average molecular weight is 257 g/mol. The molecule has 0 aliphatic carbocycles. The van der Waals surface area contributed by atoms with Gasteiger partial charge in [-0.1, -0.05) is 11.3 Å². The molecule has 0 saturated carbocycles. The number of methoxy groups -OCH3 is 1. The van der Waals surface area contributed by atoms with Crippen molar-refractivity contribution in [2.24, 2.45) is 0 Å². The predicted molar refractivity (Wildman–Crippen MR) is 71.4 cm³/mol. The van der Waals surface area contributed by atoms with Crippen LogP contribution in [0.3, 0.4) is 0 Å². The van der Waals surface area contributed by atoms with Crippen LogP contribution >= 0.6 is 11.3 Å². The van der Waals surface area contributed by atoms with Crippen LogP contribution in [-0.2, 0) is 11.2 Å². The van der Waals surface area contributed by atoms with Gasteiger partial charge in [0.1, 0.15) is 16.1 Å². The van der Waals surface area contributed by atoms with Gasteiger partial charge in [-0.15, -0.1) is 10.2 Å². The van der Waals surface area contributed by atoms with Crippen LogP contribution in [0, 0.1) is 0 Å². The molecule has 0 amide bonds. The van der Waals surface area contributed by atoms with Crippen molar-refractivity contribution in [2.75, 3.05) is 13.7 Å². The minimum absolute atomic E-state index is 0.0500. The zero-order valence-electron chi connectivity index (χ0n) is 11.4. The molecule has 1 rings (SSSR count). The van der Waals surface area contributed by atoms with Gasteiger partial charge in [-0.3, -0.25) is 0 Å². The number of aromatic nitrogens is 2. The molecule has 1 aromatic rings. The average Bonchev–Trinajstić information content (AvgIpc) is 2.70. The topological polar surface area (TPSA) is 47.0 Å². The fourth-order valence-corrected chi connectivity index (χ4v) is 2.25. The Labute approximate surface area is 108 Å². The molecule has 0 aromatic carbocycles. The number of nitrogens with one attached hydrogen (secondary N) is 1. The molecule has 0 bridgehead atoms. The molecule has 0 spiro atoms. The Hall–Kier alpha value is -0.520. The van der Waals surface area contributed by atoms with E-state index in [0.29, 0.717) is 0 Å². The summed E-state index contributed by atoms with van der Waals surface area (Å²) in [5.41, 5.74) is 0.191. The van der Waals surface area contributed by atoms with Crippen LogP contribution in [0.5, 0.6) is 0 Å². The summed E-state index contributed by atoms with van der Waals surface area (Å²) in [5, 5.41) is 13.8. The summed E-state index contributed by atoms with van der Waals surface area (Å²) in [5.74, 6) is 0. The van der Waals surface area contributed by atoms with Crippen LogP contribution in [0.15, 0.2) is 0 Å². The normalized spacial score (nSPS) is 13.9. The Morgan fingerprint density at radius 1 is 1.35 bits per heavy atom. The van der Waals surface area contributed by atoms with E-state index in [4.69, 9.17) is 4.74 Å². The SMILES string of the molecule is COC(C)c1nnc(CCCNC(C)(C)C)s1. The maximum Gasteiger partial charge on any atom is 0.146 e. The first kappa shape index (κ1) is 14.5. The number of hydrogen-bond donors (Lipinski definition) is 1. The van der Waals surface area contributed by atoms with E-state index < -0.39 is 0 Å². The van der Waals surface area contributed by atoms with Gasteiger partial charge in [0.05, 0.1) is 0 Å². The van der Waals surface area contributed by atoms with Crippen LogP contribution < -0.4 is 5.32 Å². The third-order valence-electron chi connectivity index (χ3n) is 2.41. The van der Waals surface area contributed by atoms with Crippen LogP contribution in [0.1, 0.15) is 50.2 Å². The smallest absolute Gasteiger partial charge is 0.146 e. The lowest BCUT2D eigenvalue weighted by Crippen LogP contribution is -2.36. The molecule has 1 atom stereocenters. The number of aryl methyl sites for hydroxylation is 1. The molecule has 1 unspecified atom stereocenters. The molecule has 17 heavy (non-hydrogen) atoms. The zero-order valence-corrected chi connectivity index (χ0v) is 12.2.